The van der Waals surface area contributed by atoms with Gasteiger partial charge >= 0.3 is 0 Å². The van der Waals surface area contributed by atoms with Crippen LogP contribution in [-0.2, 0) is 10.0 Å². The van der Waals surface area contributed by atoms with E-state index < -0.39 is 10.0 Å². The minimum absolute atomic E-state index is 0.230. The lowest BCUT2D eigenvalue weighted by molar-refractivity contribution is 0.395. The molecule has 0 saturated carbocycles. The van der Waals surface area contributed by atoms with Crippen molar-refractivity contribution in [3.8, 4) is 0 Å². The fourth-order valence-corrected chi connectivity index (χ4v) is 4.35. The highest BCUT2D eigenvalue weighted by Gasteiger charge is 2.26. The third-order valence-electron chi connectivity index (χ3n) is 2.43. The van der Waals surface area contributed by atoms with Crippen LogP contribution >= 0.6 is 22.9 Å². The Balaban J connectivity index is 3.11. The molecule has 1 rings (SSSR count). The molecule has 4 nitrogen and oxygen atoms in total. The first-order valence-corrected chi connectivity index (χ1v) is 7.38. The van der Waals surface area contributed by atoms with Crippen LogP contribution in [0.4, 0.5) is 0 Å². The summed E-state index contributed by atoms with van der Waals surface area (Å²) in [6.45, 7) is 3.83. The Kier molecular flexibility index (Phi) is 4.36. The average molecular weight is 283 g/mol. The van der Waals surface area contributed by atoms with Crippen LogP contribution < -0.4 is 5.73 Å². The van der Waals surface area contributed by atoms with Gasteiger partial charge in [0, 0.05) is 19.6 Å². The molecule has 2 N–H and O–H groups in total. The third kappa shape index (κ3) is 2.57. The molecule has 0 radical (unpaired) electrons. The van der Waals surface area contributed by atoms with Crippen LogP contribution in [0.2, 0.25) is 4.34 Å². The maximum absolute atomic E-state index is 12.1. The van der Waals surface area contributed by atoms with Gasteiger partial charge in [0.2, 0.25) is 0 Å². The van der Waals surface area contributed by atoms with Gasteiger partial charge in [-0.1, -0.05) is 11.6 Å². The van der Waals surface area contributed by atoms with Crippen molar-refractivity contribution in [2.75, 3.05) is 13.6 Å². The van der Waals surface area contributed by atoms with Crippen LogP contribution in [0.15, 0.2) is 10.3 Å². The highest BCUT2D eigenvalue weighted by molar-refractivity contribution is 7.91. The second-order valence-corrected chi connectivity index (χ2v) is 7.51. The Hall–Kier alpha value is -0.140. The zero-order chi connectivity index (χ0) is 12.5. The molecular formula is C9H15ClN2O2S2. The number of rotatable bonds is 4. The maximum atomic E-state index is 12.1. The molecule has 0 aliphatic rings. The molecule has 16 heavy (non-hydrogen) atoms. The predicted octanol–water partition coefficient (Wildman–Crippen LogP) is 1.68. The van der Waals surface area contributed by atoms with Gasteiger partial charge in [0.1, 0.15) is 4.21 Å². The van der Waals surface area contributed by atoms with E-state index in [1.165, 1.54) is 11.4 Å². The summed E-state index contributed by atoms with van der Waals surface area (Å²) in [4.78, 5) is 0. The van der Waals surface area contributed by atoms with Gasteiger partial charge in [0.25, 0.3) is 10.0 Å². The number of sulfonamides is 1. The number of hydrogen-bond donors (Lipinski definition) is 1. The Labute approximate surface area is 105 Å². The number of aryl methyl sites for hydroxylation is 1. The fraction of sp³-hybridized carbons (Fsp3) is 0.556. The second-order valence-electron chi connectivity index (χ2n) is 3.63. The van der Waals surface area contributed by atoms with Crippen molar-refractivity contribution in [2.45, 2.75) is 24.1 Å². The number of hydrogen-bond acceptors (Lipinski definition) is 4. The summed E-state index contributed by atoms with van der Waals surface area (Å²) >= 11 is 6.94. The van der Waals surface area contributed by atoms with Gasteiger partial charge in [-0.25, -0.2) is 8.42 Å². The van der Waals surface area contributed by atoms with Crippen molar-refractivity contribution >= 4 is 33.0 Å². The molecule has 0 amide bonds. The van der Waals surface area contributed by atoms with E-state index in [9.17, 15) is 8.42 Å². The predicted molar refractivity (Wildman–Crippen MR) is 67.5 cm³/mol. The Morgan fingerprint density at radius 1 is 1.62 bits per heavy atom. The largest absolute Gasteiger partial charge is 0.329 e. The number of halogens is 1. The first-order valence-electron chi connectivity index (χ1n) is 4.74. The molecule has 1 unspecified atom stereocenters. The van der Waals surface area contributed by atoms with Crippen molar-refractivity contribution in [1.29, 1.82) is 0 Å². The molecule has 0 aromatic carbocycles. The topological polar surface area (TPSA) is 63.4 Å². The van der Waals surface area contributed by atoms with Gasteiger partial charge in [0.15, 0.2) is 0 Å². The van der Waals surface area contributed by atoms with Gasteiger partial charge in [-0.05, 0) is 25.5 Å². The van der Waals surface area contributed by atoms with E-state index in [1.807, 2.05) is 0 Å². The molecule has 7 heteroatoms. The van der Waals surface area contributed by atoms with Crippen LogP contribution in [0.5, 0.6) is 0 Å². The molecule has 0 bridgehead atoms. The third-order valence-corrected chi connectivity index (χ3v) is 6.41. The average Bonchev–Trinajstić information content (AvgIpc) is 2.57. The molecular weight excluding hydrogens is 268 g/mol. The van der Waals surface area contributed by atoms with E-state index in [-0.39, 0.29) is 16.8 Å². The zero-order valence-electron chi connectivity index (χ0n) is 9.40. The quantitative estimate of drug-likeness (QED) is 0.914. The number of likely N-dealkylation sites (N-methyl/N-ethyl adjacent to an activating group) is 1. The van der Waals surface area contributed by atoms with Crippen molar-refractivity contribution < 1.29 is 8.42 Å². The highest BCUT2D eigenvalue weighted by atomic mass is 35.5. The number of nitrogens with two attached hydrogens (primary N) is 1. The second kappa shape index (κ2) is 5.01. The van der Waals surface area contributed by atoms with E-state index in [2.05, 4.69) is 0 Å². The molecule has 92 valence electrons. The number of nitrogens with zero attached hydrogens (tertiary/aromatic N) is 1. The molecule has 1 heterocycles. The van der Waals surface area contributed by atoms with Gasteiger partial charge in [-0.15, -0.1) is 11.3 Å². The molecule has 1 atom stereocenters. The summed E-state index contributed by atoms with van der Waals surface area (Å²) in [6, 6.07) is 1.35. The normalized spacial score (nSPS) is 14.4. The van der Waals surface area contributed by atoms with Crippen LogP contribution in [0, 0.1) is 6.92 Å². The first kappa shape index (κ1) is 13.9. The lowest BCUT2D eigenvalue weighted by Gasteiger charge is -2.21. The SMILES string of the molecule is Cc1cc(S(=O)(=O)N(C)C(C)CN)sc1Cl. The minimum Gasteiger partial charge on any atom is -0.329 e. The van der Waals surface area contributed by atoms with E-state index in [0.29, 0.717) is 4.34 Å². The fourth-order valence-electron chi connectivity index (χ4n) is 1.09. The summed E-state index contributed by atoms with van der Waals surface area (Å²) in [5.41, 5.74) is 6.23. The van der Waals surface area contributed by atoms with Crippen molar-refractivity contribution in [3.05, 3.63) is 16.0 Å². The molecule has 0 fully saturated rings. The highest BCUT2D eigenvalue weighted by Crippen LogP contribution is 2.31. The van der Waals surface area contributed by atoms with E-state index in [0.717, 1.165) is 16.9 Å². The number of thiophene rings is 1. The smallest absolute Gasteiger partial charge is 0.252 e. The molecule has 0 aliphatic heterocycles. The summed E-state index contributed by atoms with van der Waals surface area (Å²) < 4.78 is 26.3. The van der Waals surface area contributed by atoms with E-state index in [1.54, 1.807) is 19.9 Å². The van der Waals surface area contributed by atoms with Gasteiger partial charge in [-0.3, -0.25) is 0 Å². The Morgan fingerprint density at radius 2 is 2.19 bits per heavy atom. The Morgan fingerprint density at radius 3 is 2.56 bits per heavy atom. The van der Waals surface area contributed by atoms with Crippen LogP contribution in [0.3, 0.4) is 0 Å². The standard InChI is InChI=1S/C9H15ClN2O2S2/c1-6-4-8(15-9(6)10)16(13,14)12(3)7(2)5-11/h4,7H,5,11H2,1-3H3. The lowest BCUT2D eigenvalue weighted by Crippen LogP contribution is -2.39. The van der Waals surface area contributed by atoms with Gasteiger partial charge in [0.05, 0.1) is 4.34 Å². The molecule has 1 aromatic rings. The summed E-state index contributed by atoms with van der Waals surface area (Å²) in [5.74, 6) is 0. The molecule has 0 saturated heterocycles. The van der Waals surface area contributed by atoms with Crippen molar-refractivity contribution in [1.82, 2.24) is 4.31 Å². The van der Waals surface area contributed by atoms with Crippen LogP contribution in [0.1, 0.15) is 12.5 Å². The van der Waals surface area contributed by atoms with E-state index in [4.69, 9.17) is 17.3 Å². The van der Waals surface area contributed by atoms with Crippen molar-refractivity contribution in [3.63, 3.8) is 0 Å². The maximum Gasteiger partial charge on any atom is 0.252 e. The first-order chi connectivity index (χ1) is 7.30. The van der Waals surface area contributed by atoms with Crippen LogP contribution in [0.25, 0.3) is 0 Å². The lowest BCUT2D eigenvalue weighted by atomic mass is 10.4. The molecule has 0 spiro atoms. The van der Waals surface area contributed by atoms with Gasteiger partial charge < -0.3 is 5.73 Å². The summed E-state index contributed by atoms with van der Waals surface area (Å²) in [5, 5.41) is 0. The molecule has 0 aliphatic carbocycles. The van der Waals surface area contributed by atoms with Crippen LogP contribution in [-0.4, -0.2) is 32.4 Å². The van der Waals surface area contributed by atoms with Crippen molar-refractivity contribution in [2.24, 2.45) is 5.73 Å². The summed E-state index contributed by atoms with van der Waals surface area (Å²) in [6.07, 6.45) is 0. The minimum atomic E-state index is -3.46. The molecule has 1 aromatic heterocycles. The van der Waals surface area contributed by atoms with Gasteiger partial charge in [-0.2, -0.15) is 4.31 Å². The Bertz CT molecular complexity index is 450. The van der Waals surface area contributed by atoms with E-state index >= 15 is 0 Å². The summed E-state index contributed by atoms with van der Waals surface area (Å²) in [7, 11) is -1.94. The zero-order valence-corrected chi connectivity index (χ0v) is 11.8. The monoisotopic (exact) mass is 282 g/mol.